The first-order valence-corrected chi connectivity index (χ1v) is 10.5. The molecule has 0 atom stereocenters. The predicted molar refractivity (Wildman–Crippen MR) is 97.2 cm³/mol. The van der Waals surface area contributed by atoms with Gasteiger partial charge in [-0.2, -0.15) is 8.42 Å². The first-order valence-electron chi connectivity index (χ1n) is 9.11. The van der Waals surface area contributed by atoms with Crippen LogP contribution in [0.5, 0.6) is 0 Å². The molecule has 1 aromatic carbocycles. The monoisotopic (exact) mass is 341 g/mol. The number of rotatable bonds is 14. The van der Waals surface area contributed by atoms with Crippen molar-refractivity contribution < 1.29 is 14.0 Å². The standard InChI is InChI=1S/C19H32O3S/c1-2-3-4-5-6-7-8-9-10-11-15-18-22-23(20,21)19-16-13-12-14-17-19/h12-14,16-17H,2-11,15,18H2,1H3/p+1. The van der Waals surface area contributed by atoms with E-state index in [1.54, 1.807) is 30.3 Å². The summed E-state index contributed by atoms with van der Waals surface area (Å²) in [5.41, 5.74) is 0. The lowest BCUT2D eigenvalue weighted by Gasteiger charge is -2.05. The van der Waals surface area contributed by atoms with Gasteiger partial charge < -0.3 is 0 Å². The van der Waals surface area contributed by atoms with Crippen molar-refractivity contribution in [1.82, 2.24) is 0 Å². The van der Waals surface area contributed by atoms with Crippen LogP contribution in [0.1, 0.15) is 79.0 Å². The van der Waals surface area contributed by atoms with Crippen LogP contribution in [-0.4, -0.2) is 15.0 Å². The molecule has 3 nitrogen and oxygen atoms in total. The van der Waals surface area contributed by atoms with Gasteiger partial charge in [0.25, 0.3) is 10.1 Å². The van der Waals surface area contributed by atoms with Gasteiger partial charge in [0.1, 0.15) is 0 Å². The summed E-state index contributed by atoms with van der Waals surface area (Å²) in [6, 6.07) is 8.34. The molecule has 0 aliphatic heterocycles. The summed E-state index contributed by atoms with van der Waals surface area (Å²) in [6.45, 7) is 2.53. The van der Waals surface area contributed by atoms with E-state index >= 15 is 0 Å². The van der Waals surface area contributed by atoms with E-state index in [2.05, 4.69) is 6.92 Å². The van der Waals surface area contributed by atoms with Crippen molar-refractivity contribution in [3.8, 4) is 0 Å². The largest absolute Gasteiger partial charge is 1.00 e. The average molecular weight is 342 g/mol. The normalized spacial score (nSPS) is 11.7. The minimum absolute atomic E-state index is 0. The Morgan fingerprint density at radius 3 is 1.78 bits per heavy atom. The van der Waals surface area contributed by atoms with Gasteiger partial charge in [-0.3, -0.25) is 4.18 Å². The first kappa shape index (κ1) is 20.2. The molecular formula is C19H33O3S+. The van der Waals surface area contributed by atoms with Gasteiger partial charge in [0.15, 0.2) is 0 Å². The molecule has 1 rings (SSSR count). The van der Waals surface area contributed by atoms with E-state index in [4.69, 9.17) is 4.18 Å². The smallest absolute Gasteiger partial charge is 0.266 e. The van der Waals surface area contributed by atoms with Crippen LogP contribution in [0.4, 0.5) is 0 Å². The SMILES string of the molecule is CCCCCCCCCCCCCOS(=O)(=O)c1ccccc1.[H+]. The number of benzene rings is 1. The van der Waals surface area contributed by atoms with Gasteiger partial charge in [-0.05, 0) is 18.6 Å². The van der Waals surface area contributed by atoms with Crippen LogP contribution < -0.4 is 0 Å². The van der Waals surface area contributed by atoms with Crippen molar-refractivity contribution in [2.24, 2.45) is 0 Å². The van der Waals surface area contributed by atoms with Crippen LogP contribution >= 0.6 is 0 Å². The molecule has 0 aromatic heterocycles. The highest BCUT2D eigenvalue weighted by Gasteiger charge is 2.13. The summed E-state index contributed by atoms with van der Waals surface area (Å²) in [7, 11) is -3.57. The van der Waals surface area contributed by atoms with E-state index in [1.165, 1.54) is 57.8 Å². The summed E-state index contributed by atoms with van der Waals surface area (Å²) >= 11 is 0. The van der Waals surface area contributed by atoms with Crippen molar-refractivity contribution in [2.45, 2.75) is 82.4 Å². The van der Waals surface area contributed by atoms with Gasteiger partial charge in [0, 0.05) is 0 Å². The lowest BCUT2D eigenvalue weighted by molar-refractivity contribution is 0.306. The fourth-order valence-electron chi connectivity index (χ4n) is 2.59. The molecule has 0 fully saturated rings. The topological polar surface area (TPSA) is 43.4 Å². The molecule has 132 valence electrons. The van der Waals surface area contributed by atoms with E-state index < -0.39 is 10.1 Å². The summed E-state index contributed by atoms with van der Waals surface area (Å²) in [4.78, 5) is 0.239. The zero-order valence-corrected chi connectivity index (χ0v) is 15.3. The average Bonchev–Trinajstić information content (AvgIpc) is 2.56. The Kier molecular flexibility index (Phi) is 11.0. The molecule has 0 radical (unpaired) electrons. The van der Waals surface area contributed by atoms with Crippen LogP contribution in [0.3, 0.4) is 0 Å². The fourth-order valence-corrected chi connectivity index (χ4v) is 3.55. The maximum atomic E-state index is 11.9. The Bertz CT molecular complexity index is 489. The predicted octanol–water partition coefficient (Wildman–Crippen LogP) is 5.82. The Labute approximate surface area is 144 Å². The third-order valence-electron chi connectivity index (χ3n) is 4.02. The van der Waals surface area contributed by atoms with E-state index in [0.717, 1.165) is 12.8 Å². The Hall–Kier alpha value is -0.870. The number of hydrogen-bond acceptors (Lipinski definition) is 3. The van der Waals surface area contributed by atoms with Crippen LogP contribution in [0.25, 0.3) is 0 Å². The Morgan fingerprint density at radius 1 is 0.783 bits per heavy atom. The molecule has 1 aromatic rings. The van der Waals surface area contributed by atoms with Crippen molar-refractivity contribution in [2.75, 3.05) is 6.61 Å². The van der Waals surface area contributed by atoms with Gasteiger partial charge in [-0.15, -0.1) is 0 Å². The molecular weight excluding hydrogens is 308 g/mol. The maximum absolute atomic E-state index is 11.9. The number of unbranched alkanes of at least 4 members (excludes halogenated alkanes) is 10. The second-order valence-electron chi connectivity index (χ2n) is 6.12. The molecule has 0 aliphatic rings. The fraction of sp³-hybridized carbons (Fsp3) is 0.684. The second-order valence-corrected chi connectivity index (χ2v) is 7.74. The maximum Gasteiger partial charge on any atom is 1.00 e. The summed E-state index contributed by atoms with van der Waals surface area (Å²) in [5.74, 6) is 0. The quantitative estimate of drug-likeness (QED) is 0.316. The van der Waals surface area contributed by atoms with E-state index in [1.807, 2.05) is 0 Å². The molecule has 0 saturated carbocycles. The molecule has 0 aliphatic carbocycles. The second kappa shape index (κ2) is 12.5. The van der Waals surface area contributed by atoms with Crippen molar-refractivity contribution in [1.29, 1.82) is 0 Å². The molecule has 4 heteroatoms. The highest BCUT2D eigenvalue weighted by molar-refractivity contribution is 7.86. The highest BCUT2D eigenvalue weighted by Crippen LogP contribution is 2.14. The van der Waals surface area contributed by atoms with Gasteiger partial charge >= 0.3 is 1.43 Å². The number of hydrogen-bond donors (Lipinski definition) is 0. The zero-order chi connectivity index (χ0) is 16.8. The van der Waals surface area contributed by atoms with E-state index in [0.29, 0.717) is 0 Å². The van der Waals surface area contributed by atoms with Gasteiger partial charge in [0.05, 0.1) is 11.5 Å². The van der Waals surface area contributed by atoms with Gasteiger partial charge in [-0.25, -0.2) is 0 Å². The van der Waals surface area contributed by atoms with Crippen LogP contribution in [0.15, 0.2) is 35.2 Å². The lowest BCUT2D eigenvalue weighted by Crippen LogP contribution is -2.07. The molecule has 0 bridgehead atoms. The van der Waals surface area contributed by atoms with Crippen LogP contribution in [0.2, 0.25) is 0 Å². The third-order valence-corrected chi connectivity index (χ3v) is 5.34. The molecule has 0 N–H and O–H groups in total. The molecule has 0 amide bonds. The van der Waals surface area contributed by atoms with Crippen molar-refractivity contribution in [3.05, 3.63) is 30.3 Å². The molecule has 23 heavy (non-hydrogen) atoms. The zero-order valence-electron chi connectivity index (χ0n) is 15.5. The first-order chi connectivity index (χ1) is 11.2. The highest BCUT2D eigenvalue weighted by atomic mass is 32.2. The molecule has 0 unspecified atom stereocenters. The molecule has 0 saturated heterocycles. The summed E-state index contributed by atoms with van der Waals surface area (Å²) in [6.07, 6.45) is 13.7. The van der Waals surface area contributed by atoms with Gasteiger partial charge in [0.2, 0.25) is 0 Å². The van der Waals surface area contributed by atoms with Crippen LogP contribution in [0, 0.1) is 0 Å². The summed E-state index contributed by atoms with van der Waals surface area (Å²) < 4.78 is 28.9. The minimum Gasteiger partial charge on any atom is -0.266 e. The summed E-state index contributed by atoms with van der Waals surface area (Å²) in [5, 5.41) is 0. The lowest BCUT2D eigenvalue weighted by atomic mass is 10.1. The minimum atomic E-state index is -3.57. The Balaban J connectivity index is 0.00000529. The Morgan fingerprint density at radius 2 is 1.26 bits per heavy atom. The molecule has 0 spiro atoms. The van der Waals surface area contributed by atoms with Crippen molar-refractivity contribution >= 4 is 10.1 Å². The molecule has 0 heterocycles. The third kappa shape index (κ3) is 9.77. The van der Waals surface area contributed by atoms with Crippen molar-refractivity contribution in [3.63, 3.8) is 0 Å². The van der Waals surface area contributed by atoms with E-state index in [9.17, 15) is 8.42 Å². The van der Waals surface area contributed by atoms with E-state index in [-0.39, 0.29) is 12.9 Å². The van der Waals surface area contributed by atoms with Crippen LogP contribution in [-0.2, 0) is 14.3 Å². The van der Waals surface area contributed by atoms with Gasteiger partial charge in [-0.1, -0.05) is 89.3 Å².